The Morgan fingerprint density at radius 3 is 2.43 bits per heavy atom. The summed E-state index contributed by atoms with van der Waals surface area (Å²) in [4.78, 5) is 12.4. The van der Waals surface area contributed by atoms with Crippen molar-refractivity contribution in [1.82, 2.24) is 5.32 Å². The van der Waals surface area contributed by atoms with Crippen LogP contribution in [0.4, 0.5) is 5.69 Å². The van der Waals surface area contributed by atoms with Gasteiger partial charge >= 0.3 is 0 Å². The van der Waals surface area contributed by atoms with Gasteiger partial charge in [0, 0.05) is 6.54 Å². The lowest BCUT2D eigenvalue weighted by molar-refractivity contribution is -0.119. The Bertz CT molecular complexity index is 955. The number of anilines is 1. The third kappa shape index (κ3) is 4.75. The molecule has 0 unspecified atom stereocenters. The Balaban J connectivity index is 1.66. The Labute approximate surface area is 165 Å². The van der Waals surface area contributed by atoms with E-state index in [0.29, 0.717) is 23.1 Å². The van der Waals surface area contributed by atoms with Crippen LogP contribution in [0.5, 0.6) is 11.5 Å². The van der Waals surface area contributed by atoms with E-state index in [9.17, 15) is 13.2 Å². The summed E-state index contributed by atoms with van der Waals surface area (Å²) in [6, 6.07) is 12.6. The standard InChI is InChI=1S/C20H24N2O5S/c1-14(2)16-5-7-17(8-6-16)22(28(3,24)25)12-20(23)21-11-15-4-9-18-19(10-15)27-13-26-18/h4-10,14H,11-13H2,1-3H3,(H,21,23). The van der Waals surface area contributed by atoms with Crippen LogP contribution >= 0.6 is 0 Å². The number of hydrogen-bond acceptors (Lipinski definition) is 5. The molecule has 1 heterocycles. The van der Waals surface area contributed by atoms with E-state index < -0.39 is 15.9 Å². The molecule has 0 spiro atoms. The predicted molar refractivity (Wildman–Crippen MR) is 107 cm³/mol. The summed E-state index contributed by atoms with van der Waals surface area (Å²) in [5.41, 5.74) is 2.40. The molecule has 1 aliphatic heterocycles. The molecule has 0 aromatic heterocycles. The fourth-order valence-electron chi connectivity index (χ4n) is 2.86. The topological polar surface area (TPSA) is 84.9 Å². The number of nitrogens with one attached hydrogen (secondary N) is 1. The summed E-state index contributed by atoms with van der Waals surface area (Å²) in [6.07, 6.45) is 1.09. The number of ether oxygens (including phenoxy) is 2. The van der Waals surface area contributed by atoms with Gasteiger partial charge in [-0.25, -0.2) is 8.42 Å². The molecule has 150 valence electrons. The van der Waals surface area contributed by atoms with Gasteiger partial charge in [0.1, 0.15) is 6.54 Å². The number of benzene rings is 2. The number of fused-ring (bicyclic) bond motifs is 1. The third-order valence-corrected chi connectivity index (χ3v) is 5.60. The minimum atomic E-state index is -3.60. The smallest absolute Gasteiger partial charge is 0.241 e. The minimum Gasteiger partial charge on any atom is -0.454 e. The van der Waals surface area contributed by atoms with Crippen LogP contribution in [-0.4, -0.2) is 33.9 Å². The first-order valence-electron chi connectivity index (χ1n) is 8.97. The van der Waals surface area contributed by atoms with Crippen LogP contribution in [-0.2, 0) is 21.4 Å². The SMILES string of the molecule is CC(C)c1ccc(N(CC(=O)NCc2ccc3c(c2)OCO3)S(C)(=O)=O)cc1. The summed E-state index contributed by atoms with van der Waals surface area (Å²) >= 11 is 0. The molecule has 3 rings (SSSR count). The van der Waals surface area contributed by atoms with Crippen LogP contribution in [0.3, 0.4) is 0 Å². The lowest BCUT2D eigenvalue weighted by atomic mass is 10.0. The van der Waals surface area contributed by atoms with E-state index in [0.717, 1.165) is 21.7 Å². The number of carbonyl (C=O) groups is 1. The maximum absolute atomic E-state index is 12.4. The molecule has 0 fully saturated rings. The molecule has 28 heavy (non-hydrogen) atoms. The molecule has 2 aromatic carbocycles. The Kier molecular flexibility index (Phi) is 5.79. The Morgan fingerprint density at radius 2 is 1.79 bits per heavy atom. The first kappa shape index (κ1) is 20.0. The van der Waals surface area contributed by atoms with Crippen molar-refractivity contribution in [3.05, 3.63) is 53.6 Å². The number of sulfonamides is 1. The number of carbonyl (C=O) groups excluding carboxylic acids is 1. The molecule has 0 aliphatic carbocycles. The van der Waals surface area contributed by atoms with Crippen molar-refractivity contribution in [1.29, 1.82) is 0 Å². The Morgan fingerprint density at radius 1 is 1.11 bits per heavy atom. The van der Waals surface area contributed by atoms with Gasteiger partial charge in [-0.2, -0.15) is 0 Å². The largest absolute Gasteiger partial charge is 0.454 e. The van der Waals surface area contributed by atoms with Gasteiger partial charge in [-0.05, 0) is 41.3 Å². The summed E-state index contributed by atoms with van der Waals surface area (Å²) in [7, 11) is -3.60. The zero-order valence-electron chi connectivity index (χ0n) is 16.1. The molecular weight excluding hydrogens is 380 g/mol. The van der Waals surface area contributed by atoms with Crippen molar-refractivity contribution in [2.45, 2.75) is 26.3 Å². The summed E-state index contributed by atoms with van der Waals surface area (Å²) < 4.78 is 36.1. The van der Waals surface area contributed by atoms with E-state index >= 15 is 0 Å². The van der Waals surface area contributed by atoms with Crippen molar-refractivity contribution >= 4 is 21.6 Å². The lowest BCUT2D eigenvalue weighted by Crippen LogP contribution is -2.40. The van der Waals surface area contributed by atoms with Gasteiger partial charge < -0.3 is 14.8 Å². The van der Waals surface area contributed by atoms with Gasteiger partial charge in [0.25, 0.3) is 0 Å². The third-order valence-electron chi connectivity index (χ3n) is 4.46. The second-order valence-corrected chi connectivity index (χ2v) is 8.89. The number of hydrogen-bond donors (Lipinski definition) is 1. The first-order chi connectivity index (χ1) is 13.2. The highest BCUT2D eigenvalue weighted by Crippen LogP contribution is 2.32. The molecule has 1 amide bonds. The van der Waals surface area contributed by atoms with Crippen LogP contribution in [0.1, 0.15) is 30.9 Å². The summed E-state index contributed by atoms with van der Waals surface area (Å²) in [5, 5.41) is 2.75. The zero-order valence-corrected chi connectivity index (χ0v) is 17.0. The van der Waals surface area contributed by atoms with Crippen LogP contribution in [0.2, 0.25) is 0 Å². The predicted octanol–water partition coefficient (Wildman–Crippen LogP) is 2.62. The van der Waals surface area contributed by atoms with E-state index in [4.69, 9.17) is 9.47 Å². The second-order valence-electron chi connectivity index (χ2n) is 6.98. The number of rotatable bonds is 7. The maximum atomic E-state index is 12.4. The second kappa shape index (κ2) is 8.10. The zero-order chi connectivity index (χ0) is 20.3. The molecule has 8 heteroatoms. The van der Waals surface area contributed by atoms with Crippen LogP contribution in [0.25, 0.3) is 0 Å². The number of nitrogens with zero attached hydrogens (tertiary/aromatic N) is 1. The molecular formula is C20H24N2O5S. The lowest BCUT2D eigenvalue weighted by Gasteiger charge is -2.22. The summed E-state index contributed by atoms with van der Waals surface area (Å²) in [5.74, 6) is 1.25. The van der Waals surface area contributed by atoms with Crippen molar-refractivity contribution in [3.8, 4) is 11.5 Å². The van der Waals surface area contributed by atoms with Gasteiger partial charge in [-0.1, -0.05) is 32.0 Å². The van der Waals surface area contributed by atoms with Gasteiger partial charge in [0.2, 0.25) is 22.7 Å². The van der Waals surface area contributed by atoms with E-state index in [-0.39, 0.29) is 19.9 Å². The van der Waals surface area contributed by atoms with Crippen LogP contribution < -0.4 is 19.1 Å². The fraction of sp³-hybridized carbons (Fsp3) is 0.350. The molecule has 0 saturated heterocycles. The average molecular weight is 404 g/mol. The molecule has 0 saturated carbocycles. The fourth-order valence-corrected chi connectivity index (χ4v) is 3.72. The van der Waals surface area contributed by atoms with Crippen molar-refractivity contribution in [3.63, 3.8) is 0 Å². The maximum Gasteiger partial charge on any atom is 0.241 e. The highest BCUT2D eigenvalue weighted by Gasteiger charge is 2.21. The van der Waals surface area contributed by atoms with Crippen LogP contribution in [0.15, 0.2) is 42.5 Å². The highest BCUT2D eigenvalue weighted by atomic mass is 32.2. The minimum absolute atomic E-state index is 0.185. The van der Waals surface area contributed by atoms with E-state index in [1.165, 1.54) is 0 Å². The van der Waals surface area contributed by atoms with Gasteiger partial charge in [-0.3, -0.25) is 9.10 Å². The van der Waals surface area contributed by atoms with E-state index in [1.54, 1.807) is 24.3 Å². The molecule has 1 N–H and O–H groups in total. The van der Waals surface area contributed by atoms with Crippen molar-refractivity contribution in [2.75, 3.05) is 23.9 Å². The van der Waals surface area contributed by atoms with Crippen molar-refractivity contribution < 1.29 is 22.7 Å². The first-order valence-corrected chi connectivity index (χ1v) is 10.8. The van der Waals surface area contributed by atoms with Crippen LogP contribution in [0, 0.1) is 0 Å². The van der Waals surface area contributed by atoms with Gasteiger partial charge in [0.05, 0.1) is 11.9 Å². The molecule has 7 nitrogen and oxygen atoms in total. The average Bonchev–Trinajstić information content (AvgIpc) is 3.11. The highest BCUT2D eigenvalue weighted by molar-refractivity contribution is 7.92. The Hall–Kier alpha value is -2.74. The van der Waals surface area contributed by atoms with Gasteiger partial charge in [-0.15, -0.1) is 0 Å². The summed E-state index contributed by atoms with van der Waals surface area (Å²) in [6.45, 7) is 4.29. The molecule has 0 bridgehead atoms. The molecule has 1 aliphatic rings. The number of amides is 1. The van der Waals surface area contributed by atoms with Crippen molar-refractivity contribution in [2.24, 2.45) is 0 Å². The quantitative estimate of drug-likeness (QED) is 0.767. The van der Waals surface area contributed by atoms with E-state index in [1.807, 2.05) is 18.2 Å². The molecule has 0 radical (unpaired) electrons. The monoisotopic (exact) mass is 404 g/mol. The van der Waals surface area contributed by atoms with E-state index in [2.05, 4.69) is 19.2 Å². The van der Waals surface area contributed by atoms with Gasteiger partial charge in [0.15, 0.2) is 11.5 Å². The normalized spacial score (nSPS) is 12.9. The molecule has 0 atom stereocenters. The molecule has 2 aromatic rings.